The van der Waals surface area contributed by atoms with Crippen molar-refractivity contribution in [3.63, 3.8) is 0 Å². The van der Waals surface area contributed by atoms with Crippen molar-refractivity contribution in [3.05, 3.63) is 135 Å². The van der Waals surface area contributed by atoms with E-state index in [2.05, 4.69) is 4.72 Å². The molecule has 1 aromatic heterocycles. The molecule has 43 heavy (non-hydrogen) atoms. The van der Waals surface area contributed by atoms with Gasteiger partial charge in [-0.25, -0.2) is 18.2 Å². The minimum absolute atomic E-state index is 0.199. The molecular weight excluding hydrogens is 605 g/mol. The third kappa shape index (κ3) is 7.35. The molecule has 0 bridgehead atoms. The lowest BCUT2D eigenvalue weighted by Crippen LogP contribution is -2.12. The summed E-state index contributed by atoms with van der Waals surface area (Å²) in [7, 11) is -2.35. The van der Waals surface area contributed by atoms with Crippen LogP contribution in [0, 0.1) is 6.92 Å². The molecule has 0 unspecified atom stereocenters. The number of aryl methyl sites for hydroxylation is 1. The van der Waals surface area contributed by atoms with E-state index < -0.39 is 16.0 Å². The van der Waals surface area contributed by atoms with Gasteiger partial charge in [-0.2, -0.15) is 0 Å². The average molecular weight is 633 g/mol. The first-order valence-electron chi connectivity index (χ1n) is 13.2. The fourth-order valence-electron chi connectivity index (χ4n) is 4.34. The number of carbonyl (C=O) groups excluding carboxylic acids is 1. The SMILES string of the molecule is COC(=O)c1ccc(Cn2cc(-c3ccc(Cl)cc3Cl)nc2/C=C/c2ccc(NS(=O)(=O)c3ccc(C)cc3)cc2)cc1. The molecule has 0 aliphatic rings. The summed E-state index contributed by atoms with van der Waals surface area (Å²) in [6.45, 7) is 2.39. The number of nitrogens with zero attached hydrogens (tertiary/aromatic N) is 2. The minimum Gasteiger partial charge on any atom is -0.465 e. The van der Waals surface area contributed by atoms with Crippen LogP contribution in [-0.2, 0) is 21.3 Å². The Hall–Kier alpha value is -4.37. The number of ether oxygens (including phenoxy) is 1. The maximum atomic E-state index is 12.7. The smallest absolute Gasteiger partial charge is 0.337 e. The molecule has 218 valence electrons. The fraction of sp³-hybridized carbons (Fsp3) is 0.0909. The number of esters is 1. The summed E-state index contributed by atoms with van der Waals surface area (Å²) in [6, 6.07) is 26.2. The maximum absolute atomic E-state index is 12.7. The summed E-state index contributed by atoms with van der Waals surface area (Å²) in [4.78, 5) is 16.9. The van der Waals surface area contributed by atoms with Crippen LogP contribution >= 0.6 is 23.2 Å². The monoisotopic (exact) mass is 631 g/mol. The Bertz CT molecular complexity index is 1900. The van der Waals surface area contributed by atoms with E-state index in [1.807, 2.05) is 60.2 Å². The summed E-state index contributed by atoms with van der Waals surface area (Å²) >= 11 is 12.6. The number of imidazole rings is 1. The Morgan fingerprint density at radius 1 is 0.930 bits per heavy atom. The summed E-state index contributed by atoms with van der Waals surface area (Å²) < 4.78 is 34.9. The Labute approximate surface area is 260 Å². The van der Waals surface area contributed by atoms with Crippen LogP contribution in [-0.4, -0.2) is 31.0 Å². The Morgan fingerprint density at radius 3 is 2.28 bits per heavy atom. The van der Waals surface area contributed by atoms with Crippen LogP contribution in [0.4, 0.5) is 5.69 Å². The second kappa shape index (κ2) is 12.9. The predicted octanol–water partition coefficient (Wildman–Crippen LogP) is 7.97. The molecule has 1 heterocycles. The maximum Gasteiger partial charge on any atom is 0.337 e. The molecule has 0 atom stereocenters. The first kappa shape index (κ1) is 30.1. The summed E-state index contributed by atoms with van der Waals surface area (Å²) in [5.74, 6) is 0.272. The molecule has 10 heteroatoms. The van der Waals surface area contributed by atoms with E-state index in [1.54, 1.807) is 60.7 Å². The van der Waals surface area contributed by atoms with Crippen molar-refractivity contribution in [3.8, 4) is 11.3 Å². The van der Waals surface area contributed by atoms with Crippen molar-refractivity contribution >= 4 is 57.0 Å². The average Bonchev–Trinajstić information content (AvgIpc) is 3.38. The minimum atomic E-state index is -3.70. The summed E-state index contributed by atoms with van der Waals surface area (Å²) in [5, 5.41) is 1.02. The van der Waals surface area contributed by atoms with Crippen LogP contribution in [0.2, 0.25) is 10.0 Å². The highest BCUT2D eigenvalue weighted by Crippen LogP contribution is 2.30. The fourth-order valence-corrected chi connectivity index (χ4v) is 5.91. The number of sulfonamides is 1. The third-order valence-corrected chi connectivity index (χ3v) is 8.61. The standard InChI is InChI=1S/C33H27Cl2N3O4S/c1-22-3-15-28(16-4-22)43(40,41)37-27-13-7-23(8-14-27)9-18-32-36-31(29-17-12-26(34)19-30(29)35)21-38(32)20-24-5-10-25(11-6-24)33(39)42-2/h3-19,21,37H,20H2,1-2H3/b18-9+. The Morgan fingerprint density at radius 2 is 1.63 bits per heavy atom. The zero-order valence-electron chi connectivity index (χ0n) is 23.3. The van der Waals surface area contributed by atoms with Crippen LogP contribution in [0.5, 0.6) is 0 Å². The number of rotatable bonds is 9. The summed E-state index contributed by atoms with van der Waals surface area (Å²) in [5.41, 5.74) is 5.12. The van der Waals surface area contributed by atoms with E-state index in [1.165, 1.54) is 7.11 Å². The van der Waals surface area contributed by atoms with Gasteiger partial charge in [0.05, 0.1) is 28.3 Å². The largest absolute Gasteiger partial charge is 0.465 e. The third-order valence-electron chi connectivity index (χ3n) is 6.66. The van der Waals surface area contributed by atoms with E-state index in [4.69, 9.17) is 32.9 Å². The zero-order valence-corrected chi connectivity index (χ0v) is 25.6. The lowest BCUT2D eigenvalue weighted by molar-refractivity contribution is 0.0600. The van der Waals surface area contributed by atoms with Gasteiger partial charge >= 0.3 is 5.97 Å². The van der Waals surface area contributed by atoms with Crippen molar-refractivity contribution in [2.75, 3.05) is 11.8 Å². The van der Waals surface area contributed by atoms with Crippen LogP contribution in [0.15, 0.2) is 102 Å². The zero-order chi connectivity index (χ0) is 30.6. The normalized spacial score (nSPS) is 11.5. The van der Waals surface area contributed by atoms with Gasteiger partial charge in [0.2, 0.25) is 0 Å². The van der Waals surface area contributed by atoms with Gasteiger partial charge in [-0.05, 0) is 78.7 Å². The molecule has 0 aliphatic heterocycles. The molecule has 5 rings (SSSR count). The number of aromatic nitrogens is 2. The van der Waals surface area contributed by atoms with E-state index in [0.29, 0.717) is 39.4 Å². The van der Waals surface area contributed by atoms with Gasteiger partial charge in [0.25, 0.3) is 10.0 Å². The number of benzene rings is 4. The van der Waals surface area contributed by atoms with E-state index >= 15 is 0 Å². The topological polar surface area (TPSA) is 90.3 Å². The number of hydrogen-bond donors (Lipinski definition) is 1. The molecule has 0 aliphatic carbocycles. The van der Waals surface area contributed by atoms with Gasteiger partial charge in [-0.3, -0.25) is 4.72 Å². The lowest BCUT2D eigenvalue weighted by atomic mass is 10.1. The van der Waals surface area contributed by atoms with Crippen molar-refractivity contribution < 1.29 is 17.9 Å². The highest BCUT2D eigenvalue weighted by molar-refractivity contribution is 7.92. The van der Waals surface area contributed by atoms with Crippen molar-refractivity contribution in [2.24, 2.45) is 0 Å². The molecule has 0 amide bonds. The van der Waals surface area contributed by atoms with Crippen LogP contribution in [0.1, 0.15) is 32.9 Å². The van der Waals surface area contributed by atoms with Gasteiger partial charge in [0.15, 0.2) is 0 Å². The molecule has 0 spiro atoms. The number of methoxy groups -OCH3 is 1. The van der Waals surface area contributed by atoms with E-state index in [-0.39, 0.29) is 4.90 Å². The quantitative estimate of drug-likeness (QED) is 0.167. The van der Waals surface area contributed by atoms with Gasteiger partial charge in [0.1, 0.15) is 5.82 Å². The molecule has 0 fully saturated rings. The second-order valence-corrected chi connectivity index (χ2v) is 12.3. The Kier molecular flexibility index (Phi) is 9.01. The molecule has 0 saturated carbocycles. The number of halogens is 2. The molecule has 5 aromatic rings. The summed E-state index contributed by atoms with van der Waals surface area (Å²) in [6.07, 6.45) is 5.68. The van der Waals surface area contributed by atoms with Crippen molar-refractivity contribution in [2.45, 2.75) is 18.4 Å². The molecule has 4 aromatic carbocycles. The first-order valence-corrected chi connectivity index (χ1v) is 15.4. The van der Waals surface area contributed by atoms with Crippen LogP contribution in [0.25, 0.3) is 23.4 Å². The van der Waals surface area contributed by atoms with Crippen LogP contribution < -0.4 is 4.72 Å². The molecular formula is C33H27Cl2N3O4S. The first-order chi connectivity index (χ1) is 20.6. The van der Waals surface area contributed by atoms with Crippen molar-refractivity contribution in [1.82, 2.24) is 9.55 Å². The van der Waals surface area contributed by atoms with Crippen LogP contribution in [0.3, 0.4) is 0 Å². The van der Waals surface area contributed by atoms with E-state index in [9.17, 15) is 13.2 Å². The Balaban J connectivity index is 1.40. The number of nitrogens with one attached hydrogen (secondary N) is 1. The van der Waals surface area contributed by atoms with Gasteiger partial charge in [0, 0.05) is 29.0 Å². The lowest BCUT2D eigenvalue weighted by Gasteiger charge is -2.09. The highest BCUT2D eigenvalue weighted by atomic mass is 35.5. The molecule has 7 nitrogen and oxygen atoms in total. The molecule has 0 saturated heterocycles. The number of hydrogen-bond acceptors (Lipinski definition) is 5. The van der Waals surface area contributed by atoms with Gasteiger partial charge in [-0.15, -0.1) is 0 Å². The van der Waals surface area contributed by atoms with Gasteiger partial charge in [-0.1, -0.05) is 71.2 Å². The second-order valence-electron chi connectivity index (χ2n) is 9.80. The van der Waals surface area contributed by atoms with E-state index in [0.717, 1.165) is 22.3 Å². The number of carbonyl (C=O) groups is 1. The van der Waals surface area contributed by atoms with Gasteiger partial charge < -0.3 is 9.30 Å². The van der Waals surface area contributed by atoms with Crippen molar-refractivity contribution in [1.29, 1.82) is 0 Å². The molecule has 1 N–H and O–H groups in total. The predicted molar refractivity (Wildman–Crippen MR) is 172 cm³/mol. The number of anilines is 1. The molecule has 0 radical (unpaired) electrons. The highest BCUT2D eigenvalue weighted by Gasteiger charge is 2.15.